The van der Waals surface area contributed by atoms with Gasteiger partial charge in [0.15, 0.2) is 5.69 Å². The average Bonchev–Trinajstić information content (AvgIpc) is 3.15. The molecule has 1 fully saturated rings. The Bertz CT molecular complexity index is 936. The molecule has 1 N–H and O–H groups in total. The molecule has 1 aliphatic rings. The quantitative estimate of drug-likeness (QED) is 0.698. The van der Waals surface area contributed by atoms with Crippen molar-refractivity contribution in [3.63, 3.8) is 0 Å². The summed E-state index contributed by atoms with van der Waals surface area (Å²) in [4.78, 5) is 15.1. The number of amides is 1. The molecule has 0 saturated carbocycles. The number of aromatic nitrogens is 2. The fraction of sp³-hybridized carbons (Fsp3) is 0.333. The Labute approximate surface area is 172 Å². The summed E-state index contributed by atoms with van der Waals surface area (Å²) in [7, 11) is 0. The molecule has 0 aliphatic carbocycles. The van der Waals surface area contributed by atoms with Crippen LogP contribution >= 0.6 is 0 Å². The van der Waals surface area contributed by atoms with Gasteiger partial charge < -0.3 is 5.32 Å². The summed E-state index contributed by atoms with van der Waals surface area (Å²) in [5.74, 6) is 0.386. The third-order valence-electron chi connectivity index (χ3n) is 5.52. The number of aryl methyl sites for hydroxylation is 1. The molecule has 1 amide bonds. The highest BCUT2D eigenvalue weighted by Gasteiger charge is 2.21. The van der Waals surface area contributed by atoms with Crippen molar-refractivity contribution in [2.24, 2.45) is 5.92 Å². The van der Waals surface area contributed by atoms with E-state index in [-0.39, 0.29) is 5.91 Å². The SMILES string of the molecule is Cc1cc(C(=O)NCC2CCCN(Cc3ccccc3)C2)nn1-c1ccccc1. The Morgan fingerprint density at radius 1 is 1.10 bits per heavy atom. The van der Waals surface area contributed by atoms with Gasteiger partial charge in [0.1, 0.15) is 0 Å². The van der Waals surface area contributed by atoms with Gasteiger partial charge >= 0.3 is 0 Å². The summed E-state index contributed by atoms with van der Waals surface area (Å²) < 4.78 is 1.82. The Morgan fingerprint density at radius 3 is 2.59 bits per heavy atom. The lowest BCUT2D eigenvalue weighted by molar-refractivity contribution is 0.0925. The minimum absolute atomic E-state index is 0.0945. The van der Waals surface area contributed by atoms with Crippen molar-refractivity contribution in [2.75, 3.05) is 19.6 Å². The van der Waals surface area contributed by atoms with Gasteiger partial charge in [-0.3, -0.25) is 9.69 Å². The van der Waals surface area contributed by atoms with Crippen molar-refractivity contribution in [2.45, 2.75) is 26.3 Å². The summed E-state index contributed by atoms with van der Waals surface area (Å²) in [6.45, 7) is 5.79. The maximum Gasteiger partial charge on any atom is 0.271 e. The molecule has 1 saturated heterocycles. The standard InChI is InChI=1S/C24H28N4O/c1-19-15-23(26-28(19)22-12-6-3-7-13-22)24(29)25-16-21-11-8-14-27(18-21)17-20-9-4-2-5-10-20/h2-7,9-10,12-13,15,21H,8,11,14,16-18H2,1H3,(H,25,29). The Kier molecular flexibility index (Phi) is 6.06. The van der Waals surface area contributed by atoms with Crippen LogP contribution in [0.5, 0.6) is 0 Å². The molecule has 5 nitrogen and oxygen atoms in total. The van der Waals surface area contributed by atoms with Gasteiger partial charge in [0.05, 0.1) is 5.69 Å². The molecule has 1 unspecified atom stereocenters. The molecular formula is C24H28N4O. The predicted octanol–water partition coefficient (Wildman–Crippen LogP) is 3.82. The monoisotopic (exact) mass is 388 g/mol. The van der Waals surface area contributed by atoms with E-state index in [1.807, 2.05) is 48.0 Å². The van der Waals surface area contributed by atoms with Crippen LogP contribution in [0.25, 0.3) is 5.69 Å². The average molecular weight is 389 g/mol. The number of rotatable bonds is 6. The summed E-state index contributed by atoms with van der Waals surface area (Å²) >= 11 is 0. The number of hydrogen-bond acceptors (Lipinski definition) is 3. The maximum atomic E-state index is 12.7. The summed E-state index contributed by atoms with van der Waals surface area (Å²) in [5.41, 5.74) is 3.74. The van der Waals surface area contributed by atoms with Crippen LogP contribution in [0.1, 0.15) is 34.6 Å². The molecule has 2 heterocycles. The highest BCUT2D eigenvalue weighted by molar-refractivity contribution is 5.92. The number of carbonyl (C=O) groups is 1. The van der Waals surface area contributed by atoms with Crippen LogP contribution < -0.4 is 5.32 Å². The Balaban J connectivity index is 1.32. The van der Waals surface area contributed by atoms with Gasteiger partial charge in [-0.1, -0.05) is 48.5 Å². The van der Waals surface area contributed by atoms with Crippen molar-refractivity contribution in [1.82, 2.24) is 20.0 Å². The fourth-order valence-electron chi connectivity index (χ4n) is 4.05. The maximum absolute atomic E-state index is 12.7. The molecule has 1 atom stereocenters. The van der Waals surface area contributed by atoms with Crippen molar-refractivity contribution in [3.8, 4) is 5.69 Å². The number of carbonyl (C=O) groups excluding carboxylic acids is 1. The smallest absolute Gasteiger partial charge is 0.271 e. The molecule has 3 aromatic rings. The zero-order chi connectivity index (χ0) is 20.1. The molecule has 150 valence electrons. The number of benzene rings is 2. The molecule has 1 aliphatic heterocycles. The van der Waals surface area contributed by atoms with Crippen LogP contribution in [0.2, 0.25) is 0 Å². The van der Waals surface area contributed by atoms with Gasteiger partial charge in [-0.05, 0) is 56.0 Å². The number of para-hydroxylation sites is 1. The first-order valence-electron chi connectivity index (χ1n) is 10.4. The predicted molar refractivity (Wildman–Crippen MR) is 115 cm³/mol. The van der Waals surface area contributed by atoms with Crippen molar-refractivity contribution in [3.05, 3.63) is 83.7 Å². The van der Waals surface area contributed by atoms with Crippen LogP contribution in [0.3, 0.4) is 0 Å². The molecule has 29 heavy (non-hydrogen) atoms. The van der Waals surface area contributed by atoms with E-state index in [0.717, 1.165) is 37.4 Å². The first-order valence-corrected chi connectivity index (χ1v) is 10.4. The second kappa shape index (κ2) is 9.05. The van der Waals surface area contributed by atoms with Gasteiger partial charge in [-0.2, -0.15) is 5.10 Å². The van der Waals surface area contributed by atoms with Gasteiger partial charge in [0.25, 0.3) is 5.91 Å². The first-order chi connectivity index (χ1) is 14.2. The third kappa shape index (κ3) is 4.93. The van der Waals surface area contributed by atoms with Gasteiger partial charge in [0, 0.05) is 25.3 Å². The zero-order valence-electron chi connectivity index (χ0n) is 16.9. The second-order valence-corrected chi connectivity index (χ2v) is 7.86. The highest BCUT2D eigenvalue weighted by atomic mass is 16.1. The topological polar surface area (TPSA) is 50.2 Å². The minimum Gasteiger partial charge on any atom is -0.350 e. The van der Waals surface area contributed by atoms with E-state index in [4.69, 9.17) is 0 Å². The third-order valence-corrected chi connectivity index (χ3v) is 5.52. The summed E-state index contributed by atoms with van der Waals surface area (Å²) in [6.07, 6.45) is 2.33. The molecular weight excluding hydrogens is 360 g/mol. The largest absolute Gasteiger partial charge is 0.350 e. The van der Waals surface area contributed by atoms with Crippen molar-refractivity contribution >= 4 is 5.91 Å². The lowest BCUT2D eigenvalue weighted by Crippen LogP contribution is -2.40. The minimum atomic E-state index is -0.0945. The van der Waals surface area contributed by atoms with E-state index < -0.39 is 0 Å². The van der Waals surface area contributed by atoms with E-state index in [1.54, 1.807) is 0 Å². The lowest BCUT2D eigenvalue weighted by Gasteiger charge is -2.32. The molecule has 1 aromatic heterocycles. The number of hydrogen-bond donors (Lipinski definition) is 1. The number of likely N-dealkylation sites (tertiary alicyclic amines) is 1. The molecule has 0 radical (unpaired) electrons. The molecule has 0 spiro atoms. The van der Waals surface area contributed by atoms with E-state index in [2.05, 4.69) is 45.6 Å². The molecule has 0 bridgehead atoms. The molecule has 2 aromatic carbocycles. The van der Waals surface area contributed by atoms with E-state index >= 15 is 0 Å². The second-order valence-electron chi connectivity index (χ2n) is 7.86. The number of nitrogens with one attached hydrogen (secondary N) is 1. The Hall–Kier alpha value is -2.92. The van der Waals surface area contributed by atoms with Crippen LogP contribution in [0.15, 0.2) is 66.7 Å². The van der Waals surface area contributed by atoms with Gasteiger partial charge in [-0.25, -0.2) is 4.68 Å². The normalized spacial score (nSPS) is 17.2. The molecule has 4 rings (SSSR count). The number of nitrogens with zero attached hydrogens (tertiary/aromatic N) is 3. The summed E-state index contributed by atoms with van der Waals surface area (Å²) in [6, 6.07) is 22.3. The van der Waals surface area contributed by atoms with Gasteiger partial charge in [-0.15, -0.1) is 0 Å². The summed E-state index contributed by atoms with van der Waals surface area (Å²) in [5, 5.41) is 7.61. The fourth-order valence-corrected chi connectivity index (χ4v) is 4.05. The van der Waals surface area contributed by atoms with Crippen molar-refractivity contribution in [1.29, 1.82) is 0 Å². The molecule has 5 heteroatoms. The van der Waals surface area contributed by atoms with Crippen LogP contribution in [0.4, 0.5) is 0 Å². The van der Waals surface area contributed by atoms with Gasteiger partial charge in [0.2, 0.25) is 0 Å². The van der Waals surface area contributed by atoms with Crippen molar-refractivity contribution < 1.29 is 4.79 Å². The van der Waals surface area contributed by atoms with Crippen LogP contribution in [-0.2, 0) is 6.54 Å². The van der Waals surface area contributed by atoms with E-state index in [0.29, 0.717) is 18.2 Å². The zero-order valence-corrected chi connectivity index (χ0v) is 16.9. The van der Waals surface area contributed by atoms with Crippen LogP contribution in [-0.4, -0.2) is 40.2 Å². The Morgan fingerprint density at radius 2 is 1.83 bits per heavy atom. The van der Waals surface area contributed by atoms with E-state index in [1.165, 1.54) is 12.0 Å². The number of piperidine rings is 1. The highest BCUT2D eigenvalue weighted by Crippen LogP contribution is 2.18. The van der Waals surface area contributed by atoms with E-state index in [9.17, 15) is 4.79 Å². The van der Waals surface area contributed by atoms with Crippen LogP contribution in [0, 0.1) is 12.8 Å². The first kappa shape index (κ1) is 19.4. The lowest BCUT2D eigenvalue weighted by atomic mass is 9.97.